The molecule has 0 aliphatic carbocycles. The highest BCUT2D eigenvalue weighted by atomic mass is 19.1. The van der Waals surface area contributed by atoms with Gasteiger partial charge in [0.15, 0.2) is 0 Å². The van der Waals surface area contributed by atoms with Crippen LogP contribution in [0.2, 0.25) is 0 Å². The summed E-state index contributed by atoms with van der Waals surface area (Å²) in [5, 5.41) is 7.38. The van der Waals surface area contributed by atoms with Gasteiger partial charge >= 0.3 is 0 Å². The molecule has 0 saturated carbocycles. The Labute approximate surface area is 93.1 Å². The number of nitrogens with one attached hydrogen (secondary N) is 1. The van der Waals surface area contributed by atoms with Gasteiger partial charge in [0, 0.05) is 6.20 Å². The average Bonchev–Trinajstić information content (AvgIpc) is 2.86. The zero-order valence-corrected chi connectivity index (χ0v) is 9.11. The molecule has 2 rings (SSSR count). The predicted octanol–water partition coefficient (Wildman–Crippen LogP) is 2.37. The van der Waals surface area contributed by atoms with Crippen molar-refractivity contribution in [2.75, 3.05) is 12.0 Å². The molecule has 0 bridgehead atoms. The van der Waals surface area contributed by atoms with E-state index in [1.807, 2.05) is 19.1 Å². The third kappa shape index (κ3) is 2.42. The van der Waals surface area contributed by atoms with E-state index in [-0.39, 0.29) is 0 Å². The molecule has 0 amide bonds. The molecule has 0 aliphatic rings. The minimum Gasteiger partial charge on any atom is -0.467 e. The Bertz CT molecular complexity index is 436. The van der Waals surface area contributed by atoms with Crippen molar-refractivity contribution in [3.63, 3.8) is 0 Å². The Balaban J connectivity index is 1.98. The first kappa shape index (κ1) is 10.7. The summed E-state index contributed by atoms with van der Waals surface area (Å²) in [5.41, 5.74) is 1.77. The second-order valence-electron chi connectivity index (χ2n) is 3.51. The fraction of sp³-hybridized carbons (Fsp3) is 0.364. The molecule has 0 radical (unpaired) electrons. The molecule has 1 N–H and O–H groups in total. The summed E-state index contributed by atoms with van der Waals surface area (Å²) in [6, 6.07) is 3.74. The van der Waals surface area contributed by atoms with Crippen molar-refractivity contribution < 1.29 is 8.81 Å². The second kappa shape index (κ2) is 4.83. The van der Waals surface area contributed by atoms with Crippen LogP contribution in [-0.4, -0.2) is 16.5 Å². The molecule has 2 aromatic heterocycles. The lowest BCUT2D eigenvalue weighted by Crippen LogP contribution is -2.00. The SMILES string of the molecule is Cc1nn(CCF)cc1NCc1ccco1. The number of hydrogen-bond donors (Lipinski definition) is 1. The summed E-state index contributed by atoms with van der Waals surface area (Å²) in [6.07, 6.45) is 3.44. The summed E-state index contributed by atoms with van der Waals surface area (Å²) < 4.78 is 18.9. The topological polar surface area (TPSA) is 43.0 Å². The number of halogens is 1. The number of hydrogen-bond acceptors (Lipinski definition) is 3. The van der Waals surface area contributed by atoms with Crippen LogP contribution in [-0.2, 0) is 13.1 Å². The van der Waals surface area contributed by atoms with Crippen LogP contribution in [0.4, 0.5) is 10.1 Å². The van der Waals surface area contributed by atoms with E-state index in [1.54, 1.807) is 17.1 Å². The number of rotatable bonds is 5. The normalized spacial score (nSPS) is 10.6. The molecule has 0 atom stereocenters. The molecule has 86 valence electrons. The Morgan fingerprint density at radius 2 is 2.44 bits per heavy atom. The Morgan fingerprint density at radius 1 is 1.56 bits per heavy atom. The smallest absolute Gasteiger partial charge is 0.122 e. The molecule has 0 fully saturated rings. The minimum absolute atomic E-state index is 0.295. The van der Waals surface area contributed by atoms with Crippen molar-refractivity contribution in [1.29, 1.82) is 0 Å². The van der Waals surface area contributed by atoms with Gasteiger partial charge in [0.1, 0.15) is 12.4 Å². The van der Waals surface area contributed by atoms with E-state index >= 15 is 0 Å². The third-order valence-electron chi connectivity index (χ3n) is 2.29. The minimum atomic E-state index is -0.404. The van der Waals surface area contributed by atoms with Gasteiger partial charge in [-0.15, -0.1) is 0 Å². The molecular weight excluding hydrogens is 209 g/mol. The lowest BCUT2D eigenvalue weighted by Gasteiger charge is -2.01. The monoisotopic (exact) mass is 223 g/mol. The standard InChI is InChI=1S/C11H14FN3O/c1-9-11(8-15(14-9)5-4-12)13-7-10-3-2-6-16-10/h2-3,6,8,13H,4-5,7H2,1H3. The van der Waals surface area contributed by atoms with Gasteiger partial charge in [-0.25, -0.2) is 4.39 Å². The number of furan rings is 1. The van der Waals surface area contributed by atoms with Gasteiger partial charge in [0.05, 0.1) is 30.7 Å². The van der Waals surface area contributed by atoms with Gasteiger partial charge in [0.2, 0.25) is 0 Å². The molecule has 0 unspecified atom stereocenters. The highest BCUT2D eigenvalue weighted by molar-refractivity contribution is 5.45. The maximum atomic E-state index is 12.1. The first-order chi connectivity index (χ1) is 7.79. The number of aryl methyl sites for hydroxylation is 2. The van der Waals surface area contributed by atoms with E-state index in [4.69, 9.17) is 4.42 Å². The summed E-state index contributed by atoms with van der Waals surface area (Å²) >= 11 is 0. The number of anilines is 1. The van der Waals surface area contributed by atoms with Crippen molar-refractivity contribution in [2.45, 2.75) is 20.0 Å². The molecular formula is C11H14FN3O. The van der Waals surface area contributed by atoms with E-state index in [0.29, 0.717) is 13.1 Å². The van der Waals surface area contributed by atoms with Crippen molar-refractivity contribution in [2.24, 2.45) is 0 Å². The summed E-state index contributed by atoms with van der Waals surface area (Å²) in [7, 11) is 0. The van der Waals surface area contributed by atoms with Crippen LogP contribution in [0.15, 0.2) is 29.0 Å². The van der Waals surface area contributed by atoms with Crippen molar-refractivity contribution in [1.82, 2.24) is 9.78 Å². The van der Waals surface area contributed by atoms with Crippen LogP contribution >= 0.6 is 0 Å². The fourth-order valence-corrected chi connectivity index (χ4v) is 1.49. The number of alkyl halides is 1. The van der Waals surface area contributed by atoms with Crippen LogP contribution < -0.4 is 5.32 Å². The number of nitrogens with zero attached hydrogens (tertiary/aromatic N) is 2. The summed E-state index contributed by atoms with van der Waals surface area (Å²) in [6.45, 7) is 2.39. The zero-order chi connectivity index (χ0) is 11.4. The fourth-order valence-electron chi connectivity index (χ4n) is 1.49. The van der Waals surface area contributed by atoms with Gasteiger partial charge in [0.25, 0.3) is 0 Å². The first-order valence-electron chi connectivity index (χ1n) is 5.16. The van der Waals surface area contributed by atoms with Gasteiger partial charge < -0.3 is 9.73 Å². The molecule has 0 saturated heterocycles. The molecule has 2 aromatic rings. The molecule has 0 aliphatic heterocycles. The van der Waals surface area contributed by atoms with Crippen LogP contribution in [0.5, 0.6) is 0 Å². The third-order valence-corrected chi connectivity index (χ3v) is 2.29. The molecule has 16 heavy (non-hydrogen) atoms. The van der Waals surface area contributed by atoms with Crippen molar-refractivity contribution in [3.8, 4) is 0 Å². The van der Waals surface area contributed by atoms with Crippen LogP contribution in [0.3, 0.4) is 0 Å². The van der Waals surface area contributed by atoms with Gasteiger partial charge in [-0.05, 0) is 19.1 Å². The Hall–Kier alpha value is -1.78. The summed E-state index contributed by atoms with van der Waals surface area (Å²) in [5.74, 6) is 0.859. The maximum Gasteiger partial charge on any atom is 0.122 e. The second-order valence-corrected chi connectivity index (χ2v) is 3.51. The molecule has 2 heterocycles. The van der Waals surface area contributed by atoms with E-state index in [1.165, 1.54) is 0 Å². The van der Waals surface area contributed by atoms with Crippen molar-refractivity contribution in [3.05, 3.63) is 36.0 Å². The first-order valence-corrected chi connectivity index (χ1v) is 5.16. The predicted molar refractivity (Wildman–Crippen MR) is 59.0 cm³/mol. The van der Waals surface area contributed by atoms with E-state index in [0.717, 1.165) is 17.1 Å². The average molecular weight is 223 g/mol. The van der Waals surface area contributed by atoms with Gasteiger partial charge in [-0.1, -0.05) is 0 Å². The Kier molecular flexibility index (Phi) is 3.24. The van der Waals surface area contributed by atoms with Crippen molar-refractivity contribution >= 4 is 5.69 Å². The maximum absolute atomic E-state index is 12.1. The summed E-state index contributed by atoms with van der Waals surface area (Å²) in [4.78, 5) is 0. The lowest BCUT2D eigenvalue weighted by molar-refractivity contribution is 0.426. The molecule has 0 spiro atoms. The molecule has 4 nitrogen and oxygen atoms in total. The molecule has 5 heteroatoms. The zero-order valence-electron chi connectivity index (χ0n) is 9.11. The molecule has 0 aromatic carbocycles. The van der Waals surface area contributed by atoms with E-state index in [9.17, 15) is 4.39 Å². The van der Waals surface area contributed by atoms with Crippen LogP contribution in [0, 0.1) is 6.92 Å². The van der Waals surface area contributed by atoms with E-state index in [2.05, 4.69) is 10.4 Å². The van der Waals surface area contributed by atoms with E-state index < -0.39 is 6.67 Å². The lowest BCUT2D eigenvalue weighted by atomic mass is 10.4. The highest BCUT2D eigenvalue weighted by Crippen LogP contribution is 2.14. The van der Waals surface area contributed by atoms with Gasteiger partial charge in [-0.2, -0.15) is 5.10 Å². The highest BCUT2D eigenvalue weighted by Gasteiger charge is 2.04. The Morgan fingerprint density at radius 3 is 3.12 bits per heavy atom. The largest absolute Gasteiger partial charge is 0.467 e. The van der Waals surface area contributed by atoms with Gasteiger partial charge in [-0.3, -0.25) is 4.68 Å². The van der Waals surface area contributed by atoms with Crippen LogP contribution in [0.25, 0.3) is 0 Å². The number of aromatic nitrogens is 2. The van der Waals surface area contributed by atoms with Crippen LogP contribution in [0.1, 0.15) is 11.5 Å². The quantitative estimate of drug-likeness (QED) is 0.846.